The summed E-state index contributed by atoms with van der Waals surface area (Å²) in [6.07, 6.45) is 0. The van der Waals surface area contributed by atoms with Crippen LogP contribution in [0, 0.1) is 6.92 Å². The van der Waals surface area contributed by atoms with Gasteiger partial charge in [-0.15, -0.1) is 0 Å². The average molecular weight is 344 g/mol. The van der Waals surface area contributed by atoms with Gasteiger partial charge in [-0.25, -0.2) is 13.2 Å². The van der Waals surface area contributed by atoms with E-state index in [1.54, 1.807) is 19.1 Å². The molecule has 1 aromatic rings. The van der Waals surface area contributed by atoms with Crippen LogP contribution in [0.4, 0.5) is 5.69 Å². The zero-order chi connectivity index (χ0) is 17.6. The van der Waals surface area contributed by atoms with Crippen molar-refractivity contribution >= 4 is 27.6 Å². The van der Waals surface area contributed by atoms with Crippen molar-refractivity contribution in [3.05, 3.63) is 23.8 Å². The van der Waals surface area contributed by atoms with E-state index in [4.69, 9.17) is 9.84 Å². The van der Waals surface area contributed by atoms with Gasteiger partial charge in [0.05, 0.1) is 12.3 Å². The van der Waals surface area contributed by atoms with Gasteiger partial charge in [-0.3, -0.25) is 4.79 Å². The second-order valence-corrected chi connectivity index (χ2v) is 7.23. The topological polar surface area (TPSA) is 113 Å². The van der Waals surface area contributed by atoms with Gasteiger partial charge in [0, 0.05) is 12.7 Å². The molecule has 0 atom stereocenters. The molecule has 9 heteroatoms. The summed E-state index contributed by atoms with van der Waals surface area (Å²) in [5.74, 6) is -1.26. The van der Waals surface area contributed by atoms with Crippen molar-refractivity contribution in [3.63, 3.8) is 0 Å². The van der Waals surface area contributed by atoms with Crippen molar-refractivity contribution in [3.8, 4) is 5.75 Å². The summed E-state index contributed by atoms with van der Waals surface area (Å²) in [6.45, 7) is 2.48. The van der Waals surface area contributed by atoms with Gasteiger partial charge in [0.2, 0.25) is 15.9 Å². The number of rotatable bonds is 8. The average Bonchev–Trinajstić information content (AvgIpc) is 2.47. The van der Waals surface area contributed by atoms with Crippen LogP contribution in [0.15, 0.2) is 18.2 Å². The number of carbonyl (C=O) groups is 2. The standard InChI is InChI=1S/C14H20N2O6S/c1-4-23(20,21)16(3)8-13(17)15-12-6-5-11(7-10(12)2)22-9-14(18)19/h5-7H,4,8-9H2,1-3H3,(H,15,17)(H,18,19). The van der Waals surface area contributed by atoms with Crippen LogP contribution in [0.5, 0.6) is 5.75 Å². The molecule has 0 aliphatic carbocycles. The molecule has 0 radical (unpaired) electrons. The Labute approximate surface area is 135 Å². The highest BCUT2D eigenvalue weighted by molar-refractivity contribution is 7.89. The molecule has 2 N–H and O–H groups in total. The van der Waals surface area contributed by atoms with Gasteiger partial charge in [-0.05, 0) is 37.6 Å². The molecule has 0 heterocycles. The number of likely N-dealkylation sites (N-methyl/N-ethyl adjacent to an activating group) is 1. The number of carboxylic acid groups (broad SMARTS) is 1. The van der Waals surface area contributed by atoms with Crippen molar-refractivity contribution in [2.24, 2.45) is 0 Å². The van der Waals surface area contributed by atoms with Gasteiger partial charge in [0.25, 0.3) is 0 Å². The maximum Gasteiger partial charge on any atom is 0.341 e. The minimum atomic E-state index is -3.42. The van der Waals surface area contributed by atoms with Crippen LogP contribution in [-0.4, -0.2) is 55.7 Å². The summed E-state index contributed by atoms with van der Waals surface area (Å²) in [4.78, 5) is 22.4. The minimum Gasteiger partial charge on any atom is -0.482 e. The Bertz CT molecular complexity index is 687. The van der Waals surface area contributed by atoms with Crippen LogP contribution in [0.1, 0.15) is 12.5 Å². The van der Waals surface area contributed by atoms with Crippen LogP contribution in [0.25, 0.3) is 0 Å². The highest BCUT2D eigenvalue weighted by Crippen LogP contribution is 2.21. The summed E-state index contributed by atoms with van der Waals surface area (Å²) in [6, 6.07) is 4.68. The molecule has 0 unspecified atom stereocenters. The van der Waals surface area contributed by atoms with Crippen LogP contribution >= 0.6 is 0 Å². The van der Waals surface area contributed by atoms with E-state index in [0.29, 0.717) is 17.0 Å². The molecule has 0 aliphatic heterocycles. The minimum absolute atomic E-state index is 0.0780. The van der Waals surface area contributed by atoms with Crippen molar-refractivity contribution in [2.75, 3.05) is 31.3 Å². The molecule has 1 rings (SSSR count). The highest BCUT2D eigenvalue weighted by atomic mass is 32.2. The number of carboxylic acids is 1. The van der Waals surface area contributed by atoms with E-state index in [1.165, 1.54) is 20.0 Å². The monoisotopic (exact) mass is 344 g/mol. The molecular formula is C14H20N2O6S. The smallest absolute Gasteiger partial charge is 0.341 e. The number of sulfonamides is 1. The first-order valence-electron chi connectivity index (χ1n) is 6.84. The molecule has 0 bridgehead atoms. The Morgan fingerprint density at radius 2 is 2.00 bits per heavy atom. The van der Waals surface area contributed by atoms with Gasteiger partial charge >= 0.3 is 5.97 Å². The fraction of sp³-hybridized carbons (Fsp3) is 0.429. The number of carbonyl (C=O) groups excluding carboxylic acids is 1. The van der Waals surface area contributed by atoms with E-state index in [2.05, 4.69) is 5.32 Å². The number of benzene rings is 1. The molecule has 23 heavy (non-hydrogen) atoms. The SMILES string of the molecule is CCS(=O)(=O)N(C)CC(=O)Nc1ccc(OCC(=O)O)cc1C. The lowest BCUT2D eigenvalue weighted by Crippen LogP contribution is -2.35. The van der Waals surface area contributed by atoms with Gasteiger partial charge in [-0.1, -0.05) is 0 Å². The molecule has 1 aromatic carbocycles. The lowest BCUT2D eigenvalue weighted by Gasteiger charge is -2.16. The normalized spacial score (nSPS) is 11.3. The number of aryl methyl sites for hydroxylation is 1. The number of anilines is 1. The van der Waals surface area contributed by atoms with Crippen LogP contribution < -0.4 is 10.1 Å². The number of nitrogens with zero attached hydrogens (tertiary/aromatic N) is 1. The first kappa shape index (κ1) is 18.9. The van der Waals surface area contributed by atoms with Gasteiger partial charge in [-0.2, -0.15) is 4.31 Å². The van der Waals surface area contributed by atoms with E-state index in [-0.39, 0.29) is 12.3 Å². The summed E-state index contributed by atoms with van der Waals surface area (Å²) in [5, 5.41) is 11.2. The van der Waals surface area contributed by atoms with Crippen LogP contribution in [-0.2, 0) is 19.6 Å². The second-order valence-electron chi connectivity index (χ2n) is 4.86. The fourth-order valence-corrected chi connectivity index (χ4v) is 2.48. The van der Waals surface area contributed by atoms with Crippen molar-refractivity contribution in [2.45, 2.75) is 13.8 Å². The molecule has 0 aromatic heterocycles. The number of aliphatic carboxylic acids is 1. The van der Waals surface area contributed by atoms with E-state index in [1.807, 2.05) is 0 Å². The van der Waals surface area contributed by atoms with E-state index >= 15 is 0 Å². The molecule has 1 amide bonds. The van der Waals surface area contributed by atoms with Gasteiger partial charge in [0.15, 0.2) is 6.61 Å². The van der Waals surface area contributed by atoms with E-state index < -0.39 is 28.5 Å². The summed E-state index contributed by atoms with van der Waals surface area (Å²) >= 11 is 0. The fourth-order valence-electron chi connectivity index (χ4n) is 1.72. The van der Waals surface area contributed by atoms with Crippen molar-refractivity contribution < 1.29 is 27.9 Å². The van der Waals surface area contributed by atoms with E-state index in [0.717, 1.165) is 4.31 Å². The lowest BCUT2D eigenvalue weighted by molar-refractivity contribution is -0.139. The third-order valence-electron chi connectivity index (χ3n) is 3.04. The molecule has 0 fully saturated rings. The zero-order valence-electron chi connectivity index (χ0n) is 13.2. The molecule has 128 valence electrons. The van der Waals surface area contributed by atoms with Crippen LogP contribution in [0.2, 0.25) is 0 Å². The first-order valence-corrected chi connectivity index (χ1v) is 8.45. The summed E-state index contributed by atoms with van der Waals surface area (Å²) in [5.41, 5.74) is 1.17. The van der Waals surface area contributed by atoms with Crippen molar-refractivity contribution in [1.29, 1.82) is 0 Å². The summed E-state index contributed by atoms with van der Waals surface area (Å²) < 4.78 is 29.2. The Balaban J connectivity index is 2.70. The second kappa shape index (κ2) is 7.93. The third-order valence-corrected chi connectivity index (χ3v) is 4.85. The number of hydrogen-bond acceptors (Lipinski definition) is 5. The Hall–Kier alpha value is -2.13. The first-order chi connectivity index (χ1) is 10.7. The molecule has 8 nitrogen and oxygen atoms in total. The molecule has 0 aliphatic rings. The van der Waals surface area contributed by atoms with Crippen molar-refractivity contribution in [1.82, 2.24) is 4.31 Å². The maximum atomic E-state index is 11.9. The quantitative estimate of drug-likeness (QED) is 0.717. The van der Waals surface area contributed by atoms with Crippen LogP contribution in [0.3, 0.4) is 0 Å². The Morgan fingerprint density at radius 3 is 2.52 bits per heavy atom. The van der Waals surface area contributed by atoms with E-state index in [9.17, 15) is 18.0 Å². The predicted octanol–water partition coefficient (Wildman–Crippen LogP) is 0.678. The molecule has 0 saturated heterocycles. The number of amides is 1. The number of ether oxygens (including phenoxy) is 1. The largest absolute Gasteiger partial charge is 0.482 e. The van der Waals surface area contributed by atoms with Gasteiger partial charge < -0.3 is 15.2 Å². The molecular weight excluding hydrogens is 324 g/mol. The molecule has 0 spiro atoms. The number of nitrogens with one attached hydrogen (secondary N) is 1. The Kier molecular flexibility index (Phi) is 6.52. The third kappa shape index (κ3) is 5.87. The maximum absolute atomic E-state index is 11.9. The Morgan fingerprint density at radius 1 is 1.35 bits per heavy atom. The molecule has 0 saturated carbocycles. The number of hydrogen-bond donors (Lipinski definition) is 2. The predicted molar refractivity (Wildman–Crippen MR) is 85.0 cm³/mol. The van der Waals surface area contributed by atoms with Gasteiger partial charge in [0.1, 0.15) is 5.75 Å². The summed E-state index contributed by atoms with van der Waals surface area (Å²) in [7, 11) is -2.08. The highest BCUT2D eigenvalue weighted by Gasteiger charge is 2.18. The lowest BCUT2D eigenvalue weighted by atomic mass is 10.2. The zero-order valence-corrected chi connectivity index (χ0v) is 14.0.